The van der Waals surface area contributed by atoms with E-state index in [9.17, 15) is 34.2 Å². The third-order valence-corrected chi connectivity index (χ3v) is 8.23. The normalized spacial score (nSPS) is 14.5. The molecule has 0 spiro atoms. The SMILES string of the molecule is CCCCCCCC(=O)CCCCCC/C=C/[C@H](C(=O)N[C@@H](Cc1ccc(O)cc1)C(=O)OC(C)(C)C)[C@@](O)(CC(=O)OC(C)(C)C)C(=O)OC(C)(C)C. The van der Waals surface area contributed by atoms with Crippen molar-refractivity contribution in [3.8, 4) is 5.75 Å². The van der Waals surface area contributed by atoms with Crippen LogP contribution in [-0.4, -0.2) is 68.3 Å². The van der Waals surface area contributed by atoms with E-state index in [1.807, 2.05) is 0 Å². The quantitative estimate of drug-likeness (QED) is 0.0431. The Morgan fingerprint density at radius 2 is 1.24 bits per heavy atom. The van der Waals surface area contributed by atoms with Gasteiger partial charge in [0.05, 0.1) is 12.3 Å². The van der Waals surface area contributed by atoms with Gasteiger partial charge in [-0.2, -0.15) is 0 Å². The highest BCUT2D eigenvalue weighted by Crippen LogP contribution is 2.30. The zero-order valence-electron chi connectivity index (χ0n) is 34.7. The summed E-state index contributed by atoms with van der Waals surface area (Å²) in [5.74, 6) is -5.16. The number of esters is 3. The van der Waals surface area contributed by atoms with Crippen LogP contribution in [0.15, 0.2) is 36.4 Å². The van der Waals surface area contributed by atoms with Crippen molar-refractivity contribution in [1.29, 1.82) is 0 Å². The number of ether oxygens (including phenoxy) is 3. The Morgan fingerprint density at radius 3 is 1.76 bits per heavy atom. The lowest BCUT2D eigenvalue weighted by Gasteiger charge is -2.35. The number of hydrogen-bond acceptors (Lipinski definition) is 10. The van der Waals surface area contributed by atoms with Crippen LogP contribution in [0.25, 0.3) is 0 Å². The molecule has 11 nitrogen and oxygen atoms in total. The van der Waals surface area contributed by atoms with Crippen LogP contribution in [0.5, 0.6) is 5.75 Å². The molecule has 0 aliphatic rings. The lowest BCUT2D eigenvalue weighted by molar-refractivity contribution is -0.190. The predicted molar refractivity (Wildman–Crippen MR) is 210 cm³/mol. The summed E-state index contributed by atoms with van der Waals surface area (Å²) in [5, 5.41) is 24.6. The average molecular weight is 760 g/mol. The second kappa shape index (κ2) is 22.6. The molecule has 11 heteroatoms. The van der Waals surface area contributed by atoms with Crippen molar-refractivity contribution in [2.24, 2.45) is 5.92 Å². The first-order valence-electron chi connectivity index (χ1n) is 19.6. The maximum atomic E-state index is 14.3. The average Bonchev–Trinajstić information content (AvgIpc) is 3.01. The summed E-state index contributed by atoms with van der Waals surface area (Å²) in [6.45, 7) is 16.9. The molecule has 1 amide bonds. The van der Waals surface area contributed by atoms with Crippen LogP contribution >= 0.6 is 0 Å². The number of aliphatic hydroxyl groups is 1. The van der Waals surface area contributed by atoms with Crippen molar-refractivity contribution in [1.82, 2.24) is 5.32 Å². The van der Waals surface area contributed by atoms with Gasteiger partial charge >= 0.3 is 17.9 Å². The fourth-order valence-electron chi connectivity index (χ4n) is 5.65. The topological polar surface area (TPSA) is 166 Å². The third-order valence-electron chi connectivity index (χ3n) is 8.23. The van der Waals surface area contributed by atoms with E-state index in [-0.39, 0.29) is 12.2 Å². The highest BCUT2D eigenvalue weighted by atomic mass is 16.6. The number of rotatable bonds is 23. The Hall–Kier alpha value is -3.73. The molecule has 0 saturated carbocycles. The first-order valence-corrected chi connectivity index (χ1v) is 19.6. The Bertz CT molecular complexity index is 1360. The monoisotopic (exact) mass is 759 g/mol. The van der Waals surface area contributed by atoms with Crippen molar-refractivity contribution in [2.75, 3.05) is 0 Å². The zero-order valence-corrected chi connectivity index (χ0v) is 34.7. The Morgan fingerprint density at radius 1 is 0.722 bits per heavy atom. The number of Topliss-reactive ketones (excluding diaryl/α,β-unsaturated/α-hetero) is 1. The molecule has 0 bridgehead atoms. The Kier molecular flexibility index (Phi) is 20.2. The van der Waals surface area contributed by atoms with Gasteiger partial charge in [-0.15, -0.1) is 0 Å². The van der Waals surface area contributed by atoms with Crippen LogP contribution in [0.4, 0.5) is 0 Å². The number of unbranched alkanes of at least 4 members (excludes halogenated alkanes) is 8. The van der Waals surface area contributed by atoms with Gasteiger partial charge in [0.1, 0.15) is 34.4 Å². The predicted octanol–water partition coefficient (Wildman–Crippen LogP) is 8.01. The summed E-state index contributed by atoms with van der Waals surface area (Å²) in [4.78, 5) is 67.0. The molecule has 3 atom stereocenters. The van der Waals surface area contributed by atoms with E-state index in [0.29, 0.717) is 37.0 Å². The van der Waals surface area contributed by atoms with Gasteiger partial charge < -0.3 is 29.7 Å². The summed E-state index contributed by atoms with van der Waals surface area (Å²) < 4.78 is 16.6. The first-order chi connectivity index (χ1) is 25.0. The van der Waals surface area contributed by atoms with Crippen LogP contribution in [-0.2, 0) is 44.6 Å². The van der Waals surface area contributed by atoms with E-state index in [0.717, 1.165) is 32.1 Å². The third kappa shape index (κ3) is 20.7. The van der Waals surface area contributed by atoms with Crippen molar-refractivity contribution in [3.63, 3.8) is 0 Å². The van der Waals surface area contributed by atoms with Gasteiger partial charge in [-0.3, -0.25) is 14.4 Å². The van der Waals surface area contributed by atoms with E-state index in [1.165, 1.54) is 37.5 Å². The molecular formula is C43H69NO10. The van der Waals surface area contributed by atoms with Crippen molar-refractivity contribution < 1.29 is 48.4 Å². The molecule has 0 fully saturated rings. The highest BCUT2D eigenvalue weighted by molar-refractivity contribution is 5.96. The maximum Gasteiger partial charge on any atom is 0.340 e. The minimum Gasteiger partial charge on any atom is -0.508 e. The molecule has 54 heavy (non-hydrogen) atoms. The van der Waals surface area contributed by atoms with Crippen LogP contribution in [0.1, 0.15) is 158 Å². The molecule has 0 aliphatic heterocycles. The van der Waals surface area contributed by atoms with Crippen LogP contribution in [0.2, 0.25) is 0 Å². The smallest absolute Gasteiger partial charge is 0.340 e. The number of carbonyl (C=O) groups is 5. The number of amides is 1. The highest BCUT2D eigenvalue weighted by Gasteiger charge is 2.52. The van der Waals surface area contributed by atoms with Crippen molar-refractivity contribution in [2.45, 2.75) is 188 Å². The molecule has 0 unspecified atom stereocenters. The van der Waals surface area contributed by atoms with E-state index in [1.54, 1.807) is 80.5 Å². The van der Waals surface area contributed by atoms with E-state index in [4.69, 9.17) is 14.2 Å². The molecule has 0 radical (unpaired) electrons. The van der Waals surface area contributed by atoms with E-state index >= 15 is 0 Å². The standard InChI is InChI=1S/C43H69NO10/c1-11-12-13-16-19-22-32(45)23-20-17-14-15-18-21-24-34(43(51,39(50)54-42(8,9)10)30-36(47)52-40(2,3)4)37(48)44-35(38(49)53-41(5,6)7)29-31-25-27-33(46)28-26-31/h21,24-28,34-35,46,51H,11-20,22-23,29-30H2,1-10H3,(H,44,48)/b24-21+/t34-,35+,43+/m1/s1. The number of allylic oxidation sites excluding steroid dienone is 1. The summed E-state index contributed by atoms with van der Waals surface area (Å²) in [6, 6.07) is 4.83. The van der Waals surface area contributed by atoms with Gasteiger partial charge in [0, 0.05) is 19.3 Å². The largest absolute Gasteiger partial charge is 0.508 e. The summed E-state index contributed by atoms with van der Waals surface area (Å²) >= 11 is 0. The fourth-order valence-corrected chi connectivity index (χ4v) is 5.65. The second-order valence-electron chi connectivity index (χ2n) is 17.2. The molecule has 0 heterocycles. The second-order valence-corrected chi connectivity index (χ2v) is 17.2. The van der Waals surface area contributed by atoms with Crippen molar-refractivity contribution >= 4 is 29.6 Å². The lowest BCUT2D eigenvalue weighted by Crippen LogP contribution is -2.57. The molecular weight excluding hydrogens is 690 g/mol. The number of aromatic hydroxyl groups is 1. The van der Waals surface area contributed by atoms with Gasteiger partial charge in [-0.05, 0) is 106 Å². The Balaban J connectivity index is 3.35. The molecule has 0 saturated heterocycles. The molecule has 306 valence electrons. The van der Waals surface area contributed by atoms with Crippen molar-refractivity contribution in [3.05, 3.63) is 42.0 Å². The van der Waals surface area contributed by atoms with E-state index < -0.39 is 64.6 Å². The first kappa shape index (κ1) is 48.3. The van der Waals surface area contributed by atoms with Gasteiger partial charge in [-0.1, -0.05) is 69.7 Å². The van der Waals surface area contributed by atoms with Crippen LogP contribution in [0.3, 0.4) is 0 Å². The van der Waals surface area contributed by atoms with Gasteiger partial charge in [0.15, 0.2) is 5.60 Å². The maximum absolute atomic E-state index is 14.3. The molecule has 3 N–H and O–H groups in total. The minimum atomic E-state index is -2.72. The zero-order chi connectivity index (χ0) is 41.2. The number of hydrogen-bond donors (Lipinski definition) is 3. The van der Waals surface area contributed by atoms with Gasteiger partial charge in [0.25, 0.3) is 0 Å². The fraction of sp³-hybridized carbons (Fsp3) is 0.698. The number of nitrogens with one attached hydrogen (secondary N) is 1. The van der Waals surface area contributed by atoms with Crippen LogP contribution in [0, 0.1) is 5.92 Å². The molecule has 1 rings (SSSR count). The number of phenols is 1. The molecule has 0 aliphatic carbocycles. The lowest BCUT2D eigenvalue weighted by atomic mass is 9.82. The summed E-state index contributed by atoms with van der Waals surface area (Å²) in [6.07, 6.45) is 12.5. The number of carbonyl (C=O) groups excluding carboxylic acids is 5. The van der Waals surface area contributed by atoms with Gasteiger partial charge in [-0.25, -0.2) is 9.59 Å². The van der Waals surface area contributed by atoms with Crippen LogP contribution < -0.4 is 5.32 Å². The molecule has 0 aromatic heterocycles. The summed E-state index contributed by atoms with van der Waals surface area (Å²) in [7, 11) is 0. The molecule has 1 aromatic rings. The number of benzene rings is 1. The van der Waals surface area contributed by atoms with Gasteiger partial charge in [0.2, 0.25) is 5.91 Å². The minimum absolute atomic E-state index is 0.0213. The summed E-state index contributed by atoms with van der Waals surface area (Å²) in [5.41, 5.74) is -5.06. The van der Waals surface area contributed by atoms with E-state index in [2.05, 4.69) is 12.2 Å². The Labute approximate surface area is 324 Å². The number of phenolic OH excluding ortho intramolecular Hbond substituents is 1. The number of ketones is 1. The molecule has 1 aromatic carbocycles.